The maximum absolute atomic E-state index is 12.6. The number of hydrogen-bond acceptors (Lipinski definition) is 3. The molecular formula is C16H20ClN3O3. The lowest BCUT2D eigenvalue weighted by atomic mass is 10.2. The number of benzene rings is 1. The summed E-state index contributed by atoms with van der Waals surface area (Å²) in [5.74, 6) is -0.147. The van der Waals surface area contributed by atoms with E-state index in [2.05, 4.69) is 5.32 Å². The van der Waals surface area contributed by atoms with Crippen molar-refractivity contribution in [3.63, 3.8) is 0 Å². The van der Waals surface area contributed by atoms with Gasteiger partial charge in [0.1, 0.15) is 6.04 Å². The average molecular weight is 338 g/mol. The molecule has 0 spiro atoms. The molecule has 2 aliphatic rings. The molecule has 124 valence electrons. The van der Waals surface area contributed by atoms with E-state index in [4.69, 9.17) is 16.3 Å². The number of likely N-dealkylation sites (tertiary alicyclic amines) is 1. The topological polar surface area (TPSA) is 61.9 Å². The maximum Gasteiger partial charge on any atom is 0.320 e. The van der Waals surface area contributed by atoms with Crippen molar-refractivity contribution in [3.05, 3.63) is 29.3 Å². The Hall–Kier alpha value is -1.79. The standard InChI is InChI=1S/C16H20ClN3O3/c17-12-3-5-13(6-4-12)18-15(21)14-2-1-7-20(14)16(22)19-8-10-23-11-9-19/h3-6,14H,1-2,7-11H2,(H,18,21)/t14-/m0/s1. The molecular weight excluding hydrogens is 318 g/mol. The van der Waals surface area contributed by atoms with Crippen molar-refractivity contribution in [2.24, 2.45) is 0 Å². The zero-order chi connectivity index (χ0) is 16.2. The Morgan fingerprint density at radius 2 is 1.83 bits per heavy atom. The highest BCUT2D eigenvalue weighted by Crippen LogP contribution is 2.22. The third kappa shape index (κ3) is 3.76. The largest absolute Gasteiger partial charge is 0.378 e. The summed E-state index contributed by atoms with van der Waals surface area (Å²) in [4.78, 5) is 28.6. The van der Waals surface area contributed by atoms with Crippen LogP contribution >= 0.6 is 11.6 Å². The van der Waals surface area contributed by atoms with E-state index in [1.165, 1.54) is 0 Å². The van der Waals surface area contributed by atoms with Gasteiger partial charge in [0.15, 0.2) is 0 Å². The highest BCUT2D eigenvalue weighted by atomic mass is 35.5. The van der Waals surface area contributed by atoms with E-state index in [1.54, 1.807) is 34.1 Å². The molecule has 3 rings (SSSR count). The summed E-state index contributed by atoms with van der Waals surface area (Å²) < 4.78 is 5.27. The monoisotopic (exact) mass is 337 g/mol. The Balaban J connectivity index is 1.64. The molecule has 0 saturated carbocycles. The lowest BCUT2D eigenvalue weighted by molar-refractivity contribution is -0.119. The number of ether oxygens (including phenoxy) is 1. The fourth-order valence-corrected chi connectivity index (χ4v) is 3.09. The van der Waals surface area contributed by atoms with Crippen LogP contribution in [0.25, 0.3) is 0 Å². The Morgan fingerprint density at radius 1 is 1.13 bits per heavy atom. The fourth-order valence-electron chi connectivity index (χ4n) is 2.96. The van der Waals surface area contributed by atoms with Gasteiger partial charge in [-0.05, 0) is 37.1 Å². The molecule has 1 atom stereocenters. The van der Waals surface area contributed by atoms with Crippen molar-refractivity contribution in [2.45, 2.75) is 18.9 Å². The van der Waals surface area contributed by atoms with Crippen molar-refractivity contribution in [1.29, 1.82) is 0 Å². The maximum atomic E-state index is 12.6. The van der Waals surface area contributed by atoms with Gasteiger partial charge in [-0.25, -0.2) is 4.79 Å². The summed E-state index contributed by atoms with van der Waals surface area (Å²) in [7, 11) is 0. The summed E-state index contributed by atoms with van der Waals surface area (Å²) in [6, 6.07) is 6.47. The van der Waals surface area contributed by atoms with Gasteiger partial charge in [0.2, 0.25) is 5.91 Å². The minimum absolute atomic E-state index is 0.0675. The van der Waals surface area contributed by atoms with Crippen LogP contribution in [0.15, 0.2) is 24.3 Å². The normalized spacial score (nSPS) is 21.3. The van der Waals surface area contributed by atoms with Gasteiger partial charge in [-0.3, -0.25) is 4.79 Å². The van der Waals surface area contributed by atoms with E-state index < -0.39 is 6.04 Å². The molecule has 2 saturated heterocycles. The second kappa shape index (κ2) is 7.19. The van der Waals surface area contributed by atoms with Gasteiger partial charge in [0.05, 0.1) is 13.2 Å². The zero-order valence-electron chi connectivity index (χ0n) is 12.8. The number of rotatable bonds is 2. The molecule has 3 amide bonds. The molecule has 1 aromatic carbocycles. The number of nitrogens with one attached hydrogen (secondary N) is 1. The Labute approximate surface area is 140 Å². The second-order valence-electron chi connectivity index (χ2n) is 5.73. The number of amides is 3. The molecule has 1 N–H and O–H groups in total. The molecule has 1 aromatic rings. The number of morpholine rings is 1. The third-order valence-corrected chi connectivity index (χ3v) is 4.45. The quantitative estimate of drug-likeness (QED) is 0.900. The Bertz CT molecular complexity index is 572. The van der Waals surface area contributed by atoms with Gasteiger partial charge in [-0.1, -0.05) is 11.6 Å². The van der Waals surface area contributed by atoms with E-state index in [0.717, 1.165) is 6.42 Å². The van der Waals surface area contributed by atoms with Crippen LogP contribution in [0.1, 0.15) is 12.8 Å². The van der Waals surface area contributed by atoms with E-state index in [1.807, 2.05) is 0 Å². The van der Waals surface area contributed by atoms with Crippen molar-refractivity contribution in [3.8, 4) is 0 Å². The van der Waals surface area contributed by atoms with Gasteiger partial charge in [0, 0.05) is 30.3 Å². The second-order valence-corrected chi connectivity index (χ2v) is 6.17. The van der Waals surface area contributed by atoms with Crippen LogP contribution in [0.5, 0.6) is 0 Å². The van der Waals surface area contributed by atoms with Crippen LogP contribution in [-0.4, -0.2) is 60.6 Å². The number of halogens is 1. The summed E-state index contributed by atoms with van der Waals surface area (Å²) in [5.41, 5.74) is 0.685. The molecule has 0 radical (unpaired) electrons. The van der Waals surface area contributed by atoms with Crippen molar-refractivity contribution in [1.82, 2.24) is 9.80 Å². The first-order valence-electron chi connectivity index (χ1n) is 7.85. The van der Waals surface area contributed by atoms with Crippen LogP contribution in [0.2, 0.25) is 5.02 Å². The molecule has 0 bridgehead atoms. The SMILES string of the molecule is O=C(Nc1ccc(Cl)cc1)[C@@H]1CCCN1C(=O)N1CCOCC1. The van der Waals surface area contributed by atoms with Gasteiger partial charge in [0.25, 0.3) is 0 Å². The summed E-state index contributed by atoms with van der Waals surface area (Å²) in [6.45, 7) is 2.90. The molecule has 2 aliphatic heterocycles. The average Bonchev–Trinajstić information content (AvgIpc) is 3.07. The van der Waals surface area contributed by atoms with Crippen LogP contribution < -0.4 is 5.32 Å². The van der Waals surface area contributed by atoms with Crippen LogP contribution in [0.3, 0.4) is 0 Å². The van der Waals surface area contributed by atoms with Crippen molar-refractivity contribution < 1.29 is 14.3 Å². The molecule has 0 unspecified atom stereocenters. The Morgan fingerprint density at radius 3 is 2.52 bits per heavy atom. The summed E-state index contributed by atoms with van der Waals surface area (Å²) >= 11 is 5.84. The van der Waals surface area contributed by atoms with Gasteiger partial charge in [-0.2, -0.15) is 0 Å². The first-order valence-corrected chi connectivity index (χ1v) is 8.22. The first kappa shape index (κ1) is 16.1. The van der Waals surface area contributed by atoms with E-state index in [0.29, 0.717) is 50.0 Å². The zero-order valence-corrected chi connectivity index (χ0v) is 13.6. The van der Waals surface area contributed by atoms with Crippen LogP contribution in [0, 0.1) is 0 Å². The number of carbonyl (C=O) groups excluding carboxylic acids is 2. The van der Waals surface area contributed by atoms with E-state index in [-0.39, 0.29) is 11.9 Å². The molecule has 23 heavy (non-hydrogen) atoms. The number of carbonyl (C=O) groups is 2. The molecule has 2 fully saturated rings. The molecule has 0 aromatic heterocycles. The first-order chi connectivity index (χ1) is 11.1. The number of nitrogens with zero attached hydrogens (tertiary/aromatic N) is 2. The summed E-state index contributed by atoms with van der Waals surface area (Å²) in [6.07, 6.45) is 1.53. The molecule has 2 heterocycles. The number of hydrogen-bond donors (Lipinski definition) is 1. The smallest absolute Gasteiger partial charge is 0.320 e. The van der Waals surface area contributed by atoms with E-state index >= 15 is 0 Å². The predicted octanol–water partition coefficient (Wildman–Crippen LogP) is 2.20. The lowest BCUT2D eigenvalue weighted by Gasteiger charge is -2.33. The van der Waals surface area contributed by atoms with E-state index in [9.17, 15) is 9.59 Å². The highest BCUT2D eigenvalue weighted by Gasteiger charge is 2.36. The summed E-state index contributed by atoms with van der Waals surface area (Å²) in [5, 5.41) is 3.48. The highest BCUT2D eigenvalue weighted by molar-refractivity contribution is 6.30. The van der Waals surface area contributed by atoms with Gasteiger partial charge >= 0.3 is 6.03 Å². The lowest BCUT2D eigenvalue weighted by Crippen LogP contribution is -2.52. The minimum Gasteiger partial charge on any atom is -0.378 e. The fraction of sp³-hybridized carbons (Fsp3) is 0.500. The van der Waals surface area contributed by atoms with Crippen molar-refractivity contribution >= 4 is 29.2 Å². The van der Waals surface area contributed by atoms with Crippen LogP contribution in [0.4, 0.5) is 10.5 Å². The minimum atomic E-state index is -0.416. The van der Waals surface area contributed by atoms with Gasteiger partial charge in [-0.15, -0.1) is 0 Å². The van der Waals surface area contributed by atoms with Crippen LogP contribution in [-0.2, 0) is 9.53 Å². The molecule has 6 nitrogen and oxygen atoms in total. The number of anilines is 1. The Kier molecular flexibility index (Phi) is 5.03. The number of urea groups is 1. The molecule has 7 heteroatoms. The van der Waals surface area contributed by atoms with Crippen molar-refractivity contribution in [2.75, 3.05) is 38.2 Å². The molecule has 0 aliphatic carbocycles. The third-order valence-electron chi connectivity index (χ3n) is 4.19. The van der Waals surface area contributed by atoms with Gasteiger partial charge < -0.3 is 19.9 Å². The predicted molar refractivity (Wildman–Crippen MR) is 87.6 cm³/mol.